The van der Waals surface area contributed by atoms with Crippen LogP contribution >= 0.6 is 26.3 Å². The number of hydrogen-bond donors (Lipinski definition) is 1. The van der Waals surface area contributed by atoms with Gasteiger partial charge < -0.3 is 0 Å². The first-order chi connectivity index (χ1) is 4.96. The normalized spacial score (nSPS) is 15.9. The summed E-state index contributed by atoms with van der Waals surface area (Å²) in [5, 5.41) is 8.75. The Balaban J connectivity index is 4.09. The Bertz CT molecular complexity index is 117. The van der Waals surface area contributed by atoms with Crippen molar-refractivity contribution >= 4 is 26.3 Å². The Labute approximate surface area is 83.4 Å². The third-order valence-electron chi connectivity index (χ3n) is 2.71. The first kappa shape index (κ1) is 12.1. The van der Waals surface area contributed by atoms with Gasteiger partial charge in [0.1, 0.15) is 0 Å². The Kier molecular flexibility index (Phi) is 4.83. The summed E-state index contributed by atoms with van der Waals surface area (Å²) in [4.78, 5) is 0. The van der Waals surface area contributed by atoms with Crippen LogP contribution in [-0.2, 0) is 0 Å². The summed E-state index contributed by atoms with van der Waals surface area (Å²) < 4.78 is -1.37. The molecule has 0 aliphatic rings. The van der Waals surface area contributed by atoms with E-state index in [1.54, 1.807) is 0 Å². The van der Waals surface area contributed by atoms with Gasteiger partial charge in [0, 0.05) is 0 Å². The average Bonchev–Trinajstić information content (AvgIpc) is 2.02. The van der Waals surface area contributed by atoms with Gasteiger partial charge in [-0.25, -0.2) is 0 Å². The van der Waals surface area contributed by atoms with Gasteiger partial charge in [-0.05, 0) is 0 Å². The summed E-state index contributed by atoms with van der Waals surface area (Å²) in [5.41, 5.74) is 0. The summed E-state index contributed by atoms with van der Waals surface area (Å²) in [7, 11) is 0. The molecule has 1 N–H and O–H groups in total. The van der Waals surface area contributed by atoms with E-state index in [1.165, 1.54) is 18.5 Å². The van der Waals surface area contributed by atoms with Crippen molar-refractivity contribution in [2.24, 2.45) is 0 Å². The fourth-order valence-electron chi connectivity index (χ4n) is 1.05. The first-order valence-electron chi connectivity index (χ1n) is 4.30. The molecule has 0 bridgehead atoms. The van der Waals surface area contributed by atoms with Crippen molar-refractivity contribution in [2.75, 3.05) is 31.8 Å². The molecule has 0 fully saturated rings. The van der Waals surface area contributed by atoms with E-state index in [0.717, 1.165) is 6.42 Å². The van der Waals surface area contributed by atoms with Crippen molar-refractivity contribution in [2.45, 2.75) is 20.3 Å². The van der Waals surface area contributed by atoms with E-state index in [2.05, 4.69) is 42.6 Å². The molecule has 0 heterocycles. The van der Waals surface area contributed by atoms with E-state index in [9.17, 15) is 0 Å². The number of halogens is 1. The molecule has 0 aliphatic heterocycles. The number of rotatable bonds is 5. The zero-order valence-corrected chi connectivity index (χ0v) is 10.9. The van der Waals surface area contributed by atoms with E-state index >= 15 is 0 Å². The van der Waals surface area contributed by atoms with Crippen LogP contribution in [0.4, 0.5) is 0 Å². The van der Waals surface area contributed by atoms with Crippen LogP contribution in [0.3, 0.4) is 0 Å². The third-order valence-corrected chi connectivity index (χ3v) is 13.3. The molecule has 0 spiro atoms. The van der Waals surface area contributed by atoms with Crippen molar-refractivity contribution in [1.82, 2.24) is 0 Å². The van der Waals surface area contributed by atoms with E-state index in [4.69, 9.17) is 5.11 Å². The van der Waals surface area contributed by atoms with Crippen molar-refractivity contribution < 1.29 is 5.11 Å². The number of hydrogen-bond acceptors (Lipinski definition) is 1. The van der Waals surface area contributed by atoms with Crippen molar-refractivity contribution in [3.8, 4) is 0 Å². The van der Waals surface area contributed by atoms with Crippen molar-refractivity contribution in [1.29, 1.82) is 0 Å². The Morgan fingerprint density at radius 2 is 1.73 bits per heavy atom. The topological polar surface area (TPSA) is 20.2 Å². The minimum atomic E-state index is -1.37. The van der Waals surface area contributed by atoms with Crippen molar-refractivity contribution in [3.63, 3.8) is 0 Å². The van der Waals surface area contributed by atoms with Gasteiger partial charge in [-0.1, -0.05) is 0 Å². The van der Waals surface area contributed by atoms with Crippen LogP contribution in [0.5, 0.6) is 0 Å². The van der Waals surface area contributed by atoms with Gasteiger partial charge in [0.05, 0.1) is 0 Å². The zero-order chi connectivity index (χ0) is 8.98. The summed E-state index contributed by atoms with van der Waals surface area (Å²) >= 11 is 2.68. The standard InChI is InChI=1S/C8H20IOP/c1-4-11(3,9,5-2)8-6-7-10/h10H,4-8H2,1-3H3. The second-order valence-corrected chi connectivity index (χ2v) is 18.6. The Morgan fingerprint density at radius 1 is 1.27 bits per heavy atom. The predicted molar refractivity (Wildman–Crippen MR) is 64.5 cm³/mol. The summed E-state index contributed by atoms with van der Waals surface area (Å²) in [6.07, 6.45) is 4.85. The molecule has 0 aromatic carbocycles. The Hall–Kier alpha value is 1.12. The van der Waals surface area contributed by atoms with Gasteiger partial charge >= 0.3 is 83.4 Å². The van der Waals surface area contributed by atoms with Crippen LogP contribution in [0.2, 0.25) is 0 Å². The van der Waals surface area contributed by atoms with Crippen LogP contribution in [0, 0.1) is 0 Å². The molecule has 0 rings (SSSR count). The van der Waals surface area contributed by atoms with Crippen LogP contribution < -0.4 is 0 Å². The van der Waals surface area contributed by atoms with Gasteiger partial charge in [-0.2, -0.15) is 0 Å². The maximum absolute atomic E-state index is 8.75. The molecule has 0 saturated heterocycles. The molecule has 0 aromatic rings. The number of aliphatic hydroxyl groups is 1. The minimum absolute atomic E-state index is 0.356. The van der Waals surface area contributed by atoms with Crippen molar-refractivity contribution in [3.05, 3.63) is 0 Å². The third kappa shape index (κ3) is 4.05. The molecule has 0 unspecified atom stereocenters. The van der Waals surface area contributed by atoms with Crippen LogP contribution in [0.1, 0.15) is 20.3 Å². The van der Waals surface area contributed by atoms with Crippen LogP contribution in [0.25, 0.3) is 0 Å². The maximum atomic E-state index is 8.75. The zero-order valence-electron chi connectivity index (χ0n) is 7.81. The van der Waals surface area contributed by atoms with Gasteiger partial charge in [-0.15, -0.1) is 0 Å². The molecule has 1 nitrogen and oxygen atoms in total. The molecule has 0 aromatic heterocycles. The average molecular weight is 290 g/mol. The van der Waals surface area contributed by atoms with Crippen LogP contribution in [-0.4, -0.2) is 36.9 Å². The summed E-state index contributed by atoms with van der Waals surface area (Å²) in [6, 6.07) is 0. The Morgan fingerprint density at radius 3 is 2.00 bits per heavy atom. The molecule has 11 heavy (non-hydrogen) atoms. The SMILES string of the molecule is CCP(C)(I)(CC)CCCO. The van der Waals surface area contributed by atoms with E-state index in [0.29, 0.717) is 6.61 Å². The van der Waals surface area contributed by atoms with Gasteiger partial charge in [0.2, 0.25) is 0 Å². The van der Waals surface area contributed by atoms with Gasteiger partial charge in [0.15, 0.2) is 0 Å². The molecular formula is C8H20IOP. The summed E-state index contributed by atoms with van der Waals surface area (Å²) in [6.45, 7) is 7.35. The van der Waals surface area contributed by atoms with Gasteiger partial charge in [0.25, 0.3) is 0 Å². The monoisotopic (exact) mass is 290 g/mol. The van der Waals surface area contributed by atoms with Crippen LogP contribution in [0.15, 0.2) is 0 Å². The predicted octanol–water partition coefficient (Wildman–Crippen LogP) is 2.94. The fraction of sp³-hybridized carbons (Fsp3) is 1.00. The van der Waals surface area contributed by atoms with E-state index in [-0.39, 0.29) is 0 Å². The molecule has 70 valence electrons. The first-order valence-corrected chi connectivity index (χ1v) is 10.3. The number of aliphatic hydroxyl groups excluding tert-OH is 1. The molecule has 3 heteroatoms. The van der Waals surface area contributed by atoms with Gasteiger partial charge in [-0.3, -0.25) is 0 Å². The molecular weight excluding hydrogens is 270 g/mol. The quantitative estimate of drug-likeness (QED) is 0.609. The second kappa shape index (κ2) is 4.38. The summed E-state index contributed by atoms with van der Waals surface area (Å²) in [5.74, 6) is 0. The fourth-order valence-corrected chi connectivity index (χ4v) is 4.18. The van der Waals surface area contributed by atoms with E-state index in [1.807, 2.05) is 0 Å². The van der Waals surface area contributed by atoms with E-state index < -0.39 is 4.25 Å². The second-order valence-electron chi connectivity index (χ2n) is 3.58. The molecule has 0 atom stereocenters. The molecule has 0 amide bonds. The molecule has 0 saturated carbocycles. The molecule has 0 aliphatic carbocycles. The molecule has 0 radical (unpaired) electrons.